The van der Waals surface area contributed by atoms with Gasteiger partial charge in [0.25, 0.3) is 6.43 Å². The van der Waals surface area contributed by atoms with Crippen LogP contribution < -0.4 is 9.47 Å². The van der Waals surface area contributed by atoms with Crippen molar-refractivity contribution < 1.29 is 32.2 Å². The van der Waals surface area contributed by atoms with Gasteiger partial charge in [0.15, 0.2) is 11.5 Å². The molecule has 0 saturated carbocycles. The van der Waals surface area contributed by atoms with Crippen LogP contribution in [0.15, 0.2) is 39.9 Å². The number of aromatic nitrogens is 3. The molecule has 1 aromatic carbocycles. The topological polar surface area (TPSA) is 104 Å². The molecule has 0 aliphatic carbocycles. The maximum absolute atomic E-state index is 13.0. The van der Waals surface area contributed by atoms with Crippen LogP contribution >= 0.6 is 12.2 Å². The Kier molecular flexibility index (Phi) is 6.57. The number of rotatable bonds is 8. The van der Waals surface area contributed by atoms with E-state index in [9.17, 15) is 13.6 Å². The van der Waals surface area contributed by atoms with Gasteiger partial charge in [-0.1, -0.05) is 6.07 Å². The van der Waals surface area contributed by atoms with Gasteiger partial charge >= 0.3 is 5.97 Å². The summed E-state index contributed by atoms with van der Waals surface area (Å²) in [4.78, 5) is 11.5. The molecule has 9 nitrogen and oxygen atoms in total. The van der Waals surface area contributed by atoms with E-state index in [1.54, 1.807) is 24.3 Å². The van der Waals surface area contributed by atoms with E-state index in [1.165, 1.54) is 26.5 Å². The number of ether oxygens (including phenoxy) is 3. The van der Waals surface area contributed by atoms with Crippen molar-refractivity contribution >= 4 is 24.4 Å². The van der Waals surface area contributed by atoms with Gasteiger partial charge in [-0.2, -0.15) is 14.9 Å². The summed E-state index contributed by atoms with van der Waals surface area (Å²) >= 11 is 4.93. The monoisotopic (exact) mass is 438 g/mol. The van der Waals surface area contributed by atoms with Gasteiger partial charge in [0, 0.05) is 5.56 Å². The van der Waals surface area contributed by atoms with Crippen LogP contribution in [0, 0.1) is 4.77 Å². The molecule has 0 atom stereocenters. The van der Waals surface area contributed by atoms with E-state index in [0.29, 0.717) is 17.1 Å². The fourth-order valence-corrected chi connectivity index (χ4v) is 2.62. The van der Waals surface area contributed by atoms with Crippen molar-refractivity contribution in [2.45, 2.75) is 13.0 Å². The highest BCUT2D eigenvalue weighted by atomic mass is 32.1. The van der Waals surface area contributed by atoms with Crippen molar-refractivity contribution in [3.05, 3.63) is 58.0 Å². The Bertz CT molecular complexity index is 1120. The number of methoxy groups -OCH3 is 2. The predicted molar refractivity (Wildman–Crippen MR) is 103 cm³/mol. The van der Waals surface area contributed by atoms with E-state index in [0.717, 1.165) is 4.68 Å². The Morgan fingerprint density at radius 3 is 2.87 bits per heavy atom. The molecule has 0 amide bonds. The van der Waals surface area contributed by atoms with Crippen LogP contribution in [-0.4, -0.2) is 41.3 Å². The van der Waals surface area contributed by atoms with E-state index in [2.05, 4.69) is 20.0 Å². The van der Waals surface area contributed by atoms with Gasteiger partial charge in [-0.15, -0.1) is 0 Å². The normalized spacial score (nSPS) is 11.2. The molecule has 3 rings (SSSR count). The maximum Gasteiger partial charge on any atom is 0.373 e. The van der Waals surface area contributed by atoms with Crippen LogP contribution in [0.3, 0.4) is 0 Å². The number of carbonyl (C=O) groups is 1. The number of furan rings is 1. The Hall–Kier alpha value is -3.54. The highest BCUT2D eigenvalue weighted by Gasteiger charge is 2.17. The Morgan fingerprint density at radius 2 is 2.17 bits per heavy atom. The number of esters is 1. The van der Waals surface area contributed by atoms with Gasteiger partial charge in [-0.05, 0) is 36.5 Å². The second-order valence-electron chi connectivity index (χ2n) is 5.67. The standard InChI is InChI=1S/C18H16F2N4O5S/c1-26-12-5-3-4-10(8-21-24-16(15(19)20)22-23-18(24)30)14(12)28-9-11-6-7-13(29-11)17(25)27-2/h3-8,15H,9H2,1-2H3,(H,23,30)/b21-8-. The first-order valence-electron chi connectivity index (χ1n) is 8.41. The Balaban J connectivity index is 1.87. The van der Waals surface area contributed by atoms with Crippen LogP contribution in [0.25, 0.3) is 0 Å². The van der Waals surface area contributed by atoms with Gasteiger partial charge in [0.05, 0.1) is 20.4 Å². The second-order valence-corrected chi connectivity index (χ2v) is 6.06. The first-order valence-corrected chi connectivity index (χ1v) is 8.82. The lowest BCUT2D eigenvalue weighted by Gasteiger charge is -2.12. The average Bonchev–Trinajstić information content (AvgIpc) is 3.36. The van der Waals surface area contributed by atoms with Crippen molar-refractivity contribution in [2.75, 3.05) is 14.2 Å². The molecule has 158 valence electrons. The summed E-state index contributed by atoms with van der Waals surface area (Å²) in [6, 6.07) is 8.01. The molecular weight excluding hydrogens is 422 g/mol. The number of alkyl halides is 2. The third kappa shape index (κ3) is 4.54. The van der Waals surface area contributed by atoms with Crippen molar-refractivity contribution in [2.24, 2.45) is 5.10 Å². The third-order valence-electron chi connectivity index (χ3n) is 3.82. The predicted octanol–water partition coefficient (Wildman–Crippen LogP) is 3.73. The minimum atomic E-state index is -2.86. The molecule has 0 fully saturated rings. The van der Waals surface area contributed by atoms with E-state index >= 15 is 0 Å². The van der Waals surface area contributed by atoms with Crippen LogP contribution in [0.5, 0.6) is 11.5 Å². The number of aromatic amines is 1. The Morgan fingerprint density at radius 1 is 1.37 bits per heavy atom. The van der Waals surface area contributed by atoms with Crippen molar-refractivity contribution in [1.82, 2.24) is 14.9 Å². The lowest BCUT2D eigenvalue weighted by Crippen LogP contribution is -2.03. The number of carbonyl (C=O) groups excluding carboxylic acids is 1. The van der Waals surface area contributed by atoms with Gasteiger partial charge in [0.2, 0.25) is 16.4 Å². The summed E-state index contributed by atoms with van der Waals surface area (Å²) in [5.41, 5.74) is 0.428. The van der Waals surface area contributed by atoms with Crippen LogP contribution in [0.4, 0.5) is 8.78 Å². The summed E-state index contributed by atoms with van der Waals surface area (Å²) in [6.07, 6.45) is -1.57. The van der Waals surface area contributed by atoms with E-state index < -0.39 is 18.2 Å². The molecule has 3 aromatic rings. The molecule has 0 unspecified atom stereocenters. The summed E-state index contributed by atoms with van der Waals surface area (Å²) in [5.74, 6) is -0.171. The van der Waals surface area contributed by atoms with Crippen LogP contribution in [0.1, 0.15) is 34.1 Å². The first kappa shape index (κ1) is 21.2. The molecule has 0 aliphatic rings. The third-order valence-corrected chi connectivity index (χ3v) is 4.08. The zero-order valence-corrected chi connectivity index (χ0v) is 16.6. The molecule has 2 aromatic heterocycles. The molecular formula is C18H16F2N4O5S. The fraction of sp³-hybridized carbons (Fsp3) is 0.222. The SMILES string of the molecule is COC(=O)c1ccc(COc2c(/C=N\n3c(C(F)F)n[nH]c3=S)cccc2OC)o1. The van der Waals surface area contributed by atoms with Gasteiger partial charge in [-0.3, -0.25) is 0 Å². The molecule has 30 heavy (non-hydrogen) atoms. The molecule has 2 heterocycles. The zero-order chi connectivity index (χ0) is 21.7. The first-order chi connectivity index (χ1) is 14.4. The zero-order valence-electron chi connectivity index (χ0n) is 15.8. The van der Waals surface area contributed by atoms with Crippen LogP contribution in [-0.2, 0) is 11.3 Å². The van der Waals surface area contributed by atoms with Gasteiger partial charge in [-0.25, -0.2) is 18.7 Å². The molecule has 1 N–H and O–H groups in total. The molecule has 0 bridgehead atoms. The summed E-state index contributed by atoms with van der Waals surface area (Å²) in [7, 11) is 2.69. The van der Waals surface area contributed by atoms with E-state index in [1.807, 2.05) is 0 Å². The van der Waals surface area contributed by atoms with Gasteiger partial charge in [0.1, 0.15) is 12.4 Å². The minimum Gasteiger partial charge on any atom is -0.493 e. The molecule has 12 heteroatoms. The van der Waals surface area contributed by atoms with Crippen LogP contribution in [0.2, 0.25) is 0 Å². The molecule has 0 aliphatic heterocycles. The number of halogens is 2. The number of hydrogen-bond acceptors (Lipinski definition) is 8. The number of nitrogens with zero attached hydrogens (tertiary/aromatic N) is 3. The summed E-state index contributed by atoms with van der Waals surface area (Å²) in [6.45, 7) is -0.0361. The highest BCUT2D eigenvalue weighted by Crippen LogP contribution is 2.31. The van der Waals surface area contributed by atoms with Gasteiger partial charge < -0.3 is 18.6 Å². The summed E-state index contributed by atoms with van der Waals surface area (Å²) < 4.78 is 47.9. The van der Waals surface area contributed by atoms with Crippen molar-refractivity contribution in [3.8, 4) is 11.5 Å². The largest absolute Gasteiger partial charge is 0.493 e. The quantitative estimate of drug-likeness (QED) is 0.325. The lowest BCUT2D eigenvalue weighted by molar-refractivity contribution is 0.0561. The molecule has 0 saturated heterocycles. The van der Waals surface area contributed by atoms with Crippen molar-refractivity contribution in [1.29, 1.82) is 0 Å². The number of benzene rings is 1. The average molecular weight is 438 g/mol. The Labute approximate surface area is 173 Å². The number of H-pyrrole nitrogens is 1. The number of para-hydroxylation sites is 1. The lowest BCUT2D eigenvalue weighted by atomic mass is 10.2. The molecule has 0 radical (unpaired) electrons. The molecule has 0 spiro atoms. The smallest absolute Gasteiger partial charge is 0.373 e. The highest BCUT2D eigenvalue weighted by molar-refractivity contribution is 7.71. The minimum absolute atomic E-state index is 0.0341. The van der Waals surface area contributed by atoms with E-state index in [-0.39, 0.29) is 22.9 Å². The summed E-state index contributed by atoms with van der Waals surface area (Å²) in [5, 5.41) is 9.71. The maximum atomic E-state index is 13.0. The van der Waals surface area contributed by atoms with Crippen molar-refractivity contribution in [3.63, 3.8) is 0 Å². The number of nitrogens with one attached hydrogen (secondary N) is 1. The second kappa shape index (κ2) is 9.31. The fourth-order valence-electron chi connectivity index (χ4n) is 2.44. The van der Waals surface area contributed by atoms with E-state index in [4.69, 9.17) is 26.1 Å². The number of hydrogen-bond donors (Lipinski definition) is 1.